The fourth-order valence-electron chi connectivity index (χ4n) is 3.31. The molecule has 4 rings (SSSR count). The summed E-state index contributed by atoms with van der Waals surface area (Å²) in [6.45, 7) is 3.48. The molecule has 34 heavy (non-hydrogen) atoms. The van der Waals surface area contributed by atoms with E-state index in [1.807, 2.05) is 17.5 Å². The van der Waals surface area contributed by atoms with Crippen molar-refractivity contribution in [2.24, 2.45) is 0 Å². The summed E-state index contributed by atoms with van der Waals surface area (Å²) in [6.07, 6.45) is 0.483. The van der Waals surface area contributed by atoms with E-state index >= 15 is 0 Å². The third-order valence-corrected chi connectivity index (χ3v) is 7.27. The molecule has 2 heterocycles. The van der Waals surface area contributed by atoms with Gasteiger partial charge in [-0.25, -0.2) is 22.5 Å². The van der Waals surface area contributed by atoms with Gasteiger partial charge in [-0.15, -0.1) is 16.4 Å². The zero-order valence-corrected chi connectivity index (χ0v) is 20.1. The molecule has 8 nitrogen and oxygen atoms in total. The molecule has 0 saturated carbocycles. The van der Waals surface area contributed by atoms with Crippen LogP contribution in [0.25, 0.3) is 16.4 Å². The maximum absolute atomic E-state index is 13.8. The van der Waals surface area contributed by atoms with Crippen LogP contribution in [-0.4, -0.2) is 34.8 Å². The Morgan fingerprint density at radius 1 is 1.12 bits per heavy atom. The topological polar surface area (TPSA) is 106 Å². The summed E-state index contributed by atoms with van der Waals surface area (Å²) in [6, 6.07) is 14.5. The number of nitrogens with zero attached hydrogens (tertiary/aromatic N) is 3. The summed E-state index contributed by atoms with van der Waals surface area (Å²) in [5, 5.41) is 8.95. The first kappa shape index (κ1) is 23.6. The van der Waals surface area contributed by atoms with Gasteiger partial charge in [0.1, 0.15) is 5.82 Å². The number of halogens is 1. The van der Waals surface area contributed by atoms with Crippen molar-refractivity contribution >= 4 is 38.6 Å². The Bertz CT molecular complexity index is 1430. The number of thiophene rings is 1. The molecule has 2 N–H and O–H groups in total. The lowest BCUT2D eigenvalue weighted by atomic mass is 10.1. The van der Waals surface area contributed by atoms with Gasteiger partial charge in [0.05, 0.1) is 22.0 Å². The number of hydrogen-bond acceptors (Lipinski definition) is 6. The average Bonchev–Trinajstić information content (AvgIpc) is 3.46. The van der Waals surface area contributed by atoms with Crippen LogP contribution in [0.3, 0.4) is 0 Å². The Morgan fingerprint density at radius 3 is 2.59 bits per heavy atom. The molecular formula is C23H22FN5O3S2. The Balaban J connectivity index is 1.66. The first-order valence-electron chi connectivity index (χ1n) is 10.5. The van der Waals surface area contributed by atoms with E-state index in [0.29, 0.717) is 34.9 Å². The van der Waals surface area contributed by atoms with Gasteiger partial charge in [0.25, 0.3) is 5.91 Å². The fourth-order valence-corrected chi connectivity index (χ4v) is 5.20. The second kappa shape index (κ2) is 9.74. The molecule has 0 aliphatic heterocycles. The molecule has 2 aromatic carbocycles. The summed E-state index contributed by atoms with van der Waals surface area (Å²) >= 11 is 1.42. The van der Waals surface area contributed by atoms with E-state index < -0.39 is 21.7 Å². The van der Waals surface area contributed by atoms with Crippen LogP contribution in [0.15, 0.2) is 60.0 Å². The van der Waals surface area contributed by atoms with Gasteiger partial charge in [0, 0.05) is 5.69 Å². The molecule has 2 aromatic heterocycles. The van der Waals surface area contributed by atoms with Gasteiger partial charge < -0.3 is 5.32 Å². The number of rotatable bonds is 8. The van der Waals surface area contributed by atoms with Crippen molar-refractivity contribution in [3.63, 3.8) is 0 Å². The smallest absolute Gasteiger partial charge is 0.295 e. The average molecular weight is 500 g/mol. The first-order chi connectivity index (χ1) is 16.3. The number of anilines is 2. The zero-order chi connectivity index (χ0) is 24.3. The van der Waals surface area contributed by atoms with Crippen LogP contribution >= 0.6 is 11.3 Å². The van der Waals surface area contributed by atoms with Gasteiger partial charge >= 0.3 is 0 Å². The number of aromatic nitrogens is 3. The molecule has 0 saturated heterocycles. The summed E-state index contributed by atoms with van der Waals surface area (Å²) in [5.74, 6) is -0.720. The van der Waals surface area contributed by atoms with Gasteiger partial charge in [-0.3, -0.25) is 9.52 Å². The van der Waals surface area contributed by atoms with Crippen LogP contribution in [0.1, 0.15) is 29.5 Å². The quantitative estimate of drug-likeness (QED) is 0.361. The molecule has 0 aliphatic carbocycles. The van der Waals surface area contributed by atoms with Crippen LogP contribution in [0, 0.1) is 12.7 Å². The van der Waals surface area contributed by atoms with Crippen molar-refractivity contribution in [2.45, 2.75) is 20.3 Å². The second-order valence-electron chi connectivity index (χ2n) is 7.48. The molecular weight excluding hydrogens is 477 g/mol. The highest BCUT2D eigenvalue weighted by Crippen LogP contribution is 2.27. The number of sulfonamides is 1. The normalized spacial score (nSPS) is 11.4. The highest BCUT2D eigenvalue weighted by molar-refractivity contribution is 7.92. The predicted molar refractivity (Wildman–Crippen MR) is 131 cm³/mol. The standard InChI is InChI=1S/C23H22FN5O3S2/c1-3-13-34(31,32)28-19-10-5-9-18(15(19)2)25-23(30)21-26-22(20-11-6-12-33-20)29(27-21)17-8-4-7-16(24)14-17/h4-12,14,28H,3,13H2,1-2H3,(H,25,30). The molecule has 176 valence electrons. The first-order valence-corrected chi connectivity index (χ1v) is 13.0. The molecule has 0 spiro atoms. The van der Waals surface area contributed by atoms with Crippen LogP contribution in [0.4, 0.5) is 15.8 Å². The SMILES string of the molecule is CCCS(=O)(=O)Nc1cccc(NC(=O)c2nc(-c3cccs3)n(-c3cccc(F)c3)n2)c1C. The summed E-state index contributed by atoms with van der Waals surface area (Å²) in [7, 11) is -3.49. The molecule has 0 unspecified atom stereocenters. The van der Waals surface area contributed by atoms with Crippen LogP contribution in [-0.2, 0) is 10.0 Å². The minimum Gasteiger partial charge on any atom is -0.319 e. The third-order valence-electron chi connectivity index (χ3n) is 4.92. The Hall–Kier alpha value is -3.57. The van der Waals surface area contributed by atoms with Crippen molar-refractivity contribution in [3.05, 3.63) is 77.2 Å². The lowest BCUT2D eigenvalue weighted by Crippen LogP contribution is -2.18. The Kier molecular flexibility index (Phi) is 6.75. The molecule has 0 aliphatic rings. The molecule has 0 atom stereocenters. The number of hydrogen-bond donors (Lipinski definition) is 2. The molecule has 0 bridgehead atoms. The van der Waals surface area contributed by atoms with E-state index in [9.17, 15) is 17.6 Å². The molecule has 0 radical (unpaired) electrons. The van der Waals surface area contributed by atoms with Gasteiger partial charge in [-0.05, 0) is 60.7 Å². The monoisotopic (exact) mass is 499 g/mol. The van der Waals surface area contributed by atoms with Crippen LogP contribution in [0.5, 0.6) is 0 Å². The third kappa shape index (κ3) is 5.15. The van der Waals surface area contributed by atoms with E-state index in [2.05, 4.69) is 20.1 Å². The van der Waals surface area contributed by atoms with Crippen molar-refractivity contribution in [3.8, 4) is 16.4 Å². The minimum atomic E-state index is -3.49. The van der Waals surface area contributed by atoms with E-state index in [1.54, 1.807) is 44.2 Å². The highest BCUT2D eigenvalue weighted by atomic mass is 32.2. The lowest BCUT2D eigenvalue weighted by molar-refractivity contribution is 0.101. The van der Waals surface area contributed by atoms with E-state index in [1.165, 1.54) is 28.2 Å². The second-order valence-corrected chi connectivity index (χ2v) is 10.3. The Labute approximate surface area is 200 Å². The molecule has 1 amide bonds. The van der Waals surface area contributed by atoms with E-state index in [0.717, 1.165) is 4.88 Å². The Morgan fingerprint density at radius 2 is 1.88 bits per heavy atom. The van der Waals surface area contributed by atoms with E-state index in [-0.39, 0.29) is 11.6 Å². The number of carbonyl (C=O) groups excluding carboxylic acids is 1. The summed E-state index contributed by atoms with van der Waals surface area (Å²) in [5.41, 5.74) is 1.78. The maximum atomic E-state index is 13.8. The van der Waals surface area contributed by atoms with Gasteiger partial charge in [0.2, 0.25) is 15.8 Å². The molecule has 11 heteroatoms. The van der Waals surface area contributed by atoms with Crippen molar-refractivity contribution in [1.29, 1.82) is 0 Å². The van der Waals surface area contributed by atoms with Gasteiger partial charge in [-0.2, -0.15) is 0 Å². The largest absolute Gasteiger partial charge is 0.319 e. The van der Waals surface area contributed by atoms with E-state index in [4.69, 9.17) is 0 Å². The zero-order valence-electron chi connectivity index (χ0n) is 18.4. The highest BCUT2D eigenvalue weighted by Gasteiger charge is 2.21. The number of benzene rings is 2. The van der Waals surface area contributed by atoms with Crippen LogP contribution < -0.4 is 10.0 Å². The number of amides is 1. The minimum absolute atomic E-state index is 0.00401. The summed E-state index contributed by atoms with van der Waals surface area (Å²) < 4.78 is 42.2. The summed E-state index contributed by atoms with van der Waals surface area (Å²) in [4.78, 5) is 18.2. The van der Waals surface area contributed by atoms with Gasteiger partial charge in [-0.1, -0.05) is 25.1 Å². The van der Waals surface area contributed by atoms with Gasteiger partial charge in [0.15, 0.2) is 5.82 Å². The number of nitrogens with one attached hydrogen (secondary N) is 2. The fraction of sp³-hybridized carbons (Fsp3) is 0.174. The predicted octanol–water partition coefficient (Wildman–Crippen LogP) is 4.85. The van der Waals surface area contributed by atoms with Crippen molar-refractivity contribution in [2.75, 3.05) is 15.8 Å². The van der Waals surface area contributed by atoms with Crippen molar-refractivity contribution in [1.82, 2.24) is 14.8 Å². The molecule has 4 aromatic rings. The number of carbonyl (C=O) groups is 1. The lowest BCUT2D eigenvalue weighted by Gasteiger charge is -2.13. The van der Waals surface area contributed by atoms with Crippen molar-refractivity contribution < 1.29 is 17.6 Å². The maximum Gasteiger partial charge on any atom is 0.295 e. The molecule has 0 fully saturated rings. The van der Waals surface area contributed by atoms with Crippen LogP contribution in [0.2, 0.25) is 0 Å².